The zero-order valence-corrected chi connectivity index (χ0v) is 12.2. The second-order valence-corrected chi connectivity index (χ2v) is 4.83. The van der Waals surface area contributed by atoms with Crippen molar-refractivity contribution in [3.05, 3.63) is 64.1 Å². The average Bonchev–Trinajstić information content (AvgIpc) is 2.93. The minimum Gasteiger partial charge on any atom is -0.465 e. The number of para-hydroxylation sites is 1. The van der Waals surface area contributed by atoms with Crippen LogP contribution in [-0.4, -0.2) is 29.0 Å². The average molecular weight is 311 g/mol. The third-order valence-corrected chi connectivity index (χ3v) is 3.36. The van der Waals surface area contributed by atoms with Crippen LogP contribution in [0.1, 0.15) is 20.7 Å². The van der Waals surface area contributed by atoms with Gasteiger partial charge in [0.15, 0.2) is 0 Å². The third-order valence-electron chi connectivity index (χ3n) is 3.36. The molecular weight excluding hydrogens is 298 g/mol. The number of aromatic amines is 2. The van der Waals surface area contributed by atoms with Crippen LogP contribution in [0.3, 0.4) is 0 Å². The Morgan fingerprint density at radius 1 is 1.04 bits per heavy atom. The van der Waals surface area contributed by atoms with Gasteiger partial charge in [-0.25, -0.2) is 9.59 Å². The van der Waals surface area contributed by atoms with Crippen molar-refractivity contribution in [2.45, 2.75) is 0 Å². The van der Waals surface area contributed by atoms with Crippen LogP contribution in [-0.2, 0) is 4.74 Å². The highest BCUT2D eigenvalue weighted by molar-refractivity contribution is 6.09. The maximum Gasteiger partial charge on any atom is 0.339 e. The van der Waals surface area contributed by atoms with Crippen LogP contribution in [0.2, 0.25) is 0 Å². The first-order chi connectivity index (χ1) is 11.1. The molecule has 3 aromatic rings. The maximum absolute atomic E-state index is 12.4. The first-order valence-electron chi connectivity index (χ1n) is 6.79. The lowest BCUT2D eigenvalue weighted by atomic mass is 10.1. The van der Waals surface area contributed by atoms with Crippen molar-refractivity contribution in [1.82, 2.24) is 9.97 Å². The number of anilines is 1. The van der Waals surface area contributed by atoms with Crippen LogP contribution in [0.25, 0.3) is 11.0 Å². The van der Waals surface area contributed by atoms with Crippen LogP contribution < -0.4 is 11.0 Å². The van der Waals surface area contributed by atoms with Crippen LogP contribution in [0.15, 0.2) is 47.3 Å². The quantitative estimate of drug-likeness (QED) is 0.642. The van der Waals surface area contributed by atoms with Gasteiger partial charge in [0, 0.05) is 5.56 Å². The number of fused-ring (bicyclic) bond motifs is 1. The summed E-state index contributed by atoms with van der Waals surface area (Å²) in [6.45, 7) is 0. The van der Waals surface area contributed by atoms with E-state index in [-0.39, 0.29) is 11.3 Å². The van der Waals surface area contributed by atoms with Gasteiger partial charge in [-0.05, 0) is 30.3 Å². The third kappa shape index (κ3) is 2.84. The molecule has 0 radical (unpaired) electrons. The Balaban J connectivity index is 1.91. The van der Waals surface area contributed by atoms with Gasteiger partial charge < -0.3 is 20.0 Å². The smallest absolute Gasteiger partial charge is 0.339 e. The number of nitrogens with one attached hydrogen (secondary N) is 3. The zero-order valence-electron chi connectivity index (χ0n) is 12.2. The topological polar surface area (TPSA) is 104 Å². The maximum atomic E-state index is 12.4. The second-order valence-electron chi connectivity index (χ2n) is 4.83. The summed E-state index contributed by atoms with van der Waals surface area (Å²) in [5, 5.41) is 2.67. The molecule has 7 heteroatoms. The van der Waals surface area contributed by atoms with Gasteiger partial charge in [0.05, 0.1) is 29.4 Å². The van der Waals surface area contributed by atoms with Crippen LogP contribution in [0, 0.1) is 0 Å². The Labute approximate surface area is 130 Å². The molecule has 0 atom stereocenters. The van der Waals surface area contributed by atoms with Crippen molar-refractivity contribution >= 4 is 28.6 Å². The summed E-state index contributed by atoms with van der Waals surface area (Å²) in [5.41, 5.74) is 1.78. The molecule has 7 nitrogen and oxygen atoms in total. The number of benzene rings is 2. The van der Waals surface area contributed by atoms with Gasteiger partial charge in [-0.15, -0.1) is 0 Å². The Morgan fingerprint density at radius 2 is 1.78 bits per heavy atom. The number of hydrogen-bond acceptors (Lipinski definition) is 4. The van der Waals surface area contributed by atoms with Crippen molar-refractivity contribution in [3.63, 3.8) is 0 Å². The Kier molecular flexibility index (Phi) is 3.68. The van der Waals surface area contributed by atoms with E-state index in [9.17, 15) is 14.4 Å². The van der Waals surface area contributed by atoms with E-state index in [0.717, 1.165) is 0 Å². The van der Waals surface area contributed by atoms with Gasteiger partial charge in [0.1, 0.15) is 0 Å². The number of hydrogen-bond donors (Lipinski definition) is 3. The predicted octanol–water partition coefficient (Wildman–Crippen LogP) is 1.90. The number of carbonyl (C=O) groups is 2. The normalized spacial score (nSPS) is 10.5. The molecule has 0 aliphatic carbocycles. The van der Waals surface area contributed by atoms with E-state index >= 15 is 0 Å². The van der Waals surface area contributed by atoms with Gasteiger partial charge in [0.2, 0.25) is 0 Å². The highest BCUT2D eigenvalue weighted by Crippen LogP contribution is 2.18. The highest BCUT2D eigenvalue weighted by atomic mass is 16.5. The molecule has 0 saturated carbocycles. The number of esters is 1. The van der Waals surface area contributed by atoms with E-state index in [4.69, 9.17) is 4.74 Å². The van der Waals surface area contributed by atoms with E-state index < -0.39 is 11.9 Å². The molecule has 116 valence electrons. The summed E-state index contributed by atoms with van der Waals surface area (Å²) in [6.07, 6.45) is 0. The number of rotatable bonds is 3. The molecule has 1 heterocycles. The first-order valence-corrected chi connectivity index (χ1v) is 6.79. The summed E-state index contributed by atoms with van der Waals surface area (Å²) >= 11 is 0. The fraction of sp³-hybridized carbons (Fsp3) is 0.0625. The van der Waals surface area contributed by atoms with E-state index in [0.29, 0.717) is 22.3 Å². The lowest BCUT2D eigenvalue weighted by molar-refractivity contribution is 0.0602. The van der Waals surface area contributed by atoms with Crippen molar-refractivity contribution in [3.8, 4) is 0 Å². The van der Waals surface area contributed by atoms with E-state index in [2.05, 4.69) is 15.3 Å². The van der Waals surface area contributed by atoms with Gasteiger partial charge in [-0.3, -0.25) is 4.79 Å². The number of methoxy groups -OCH3 is 1. The fourth-order valence-corrected chi connectivity index (χ4v) is 2.25. The Hall–Kier alpha value is -3.35. The molecule has 3 rings (SSSR count). The molecule has 3 N–H and O–H groups in total. The van der Waals surface area contributed by atoms with E-state index in [1.165, 1.54) is 7.11 Å². The number of ether oxygens (including phenoxy) is 1. The molecule has 0 spiro atoms. The number of imidazole rings is 1. The minimum absolute atomic E-state index is 0.263. The molecule has 0 fully saturated rings. The Morgan fingerprint density at radius 3 is 2.57 bits per heavy atom. The van der Waals surface area contributed by atoms with Crippen molar-refractivity contribution < 1.29 is 14.3 Å². The van der Waals surface area contributed by atoms with Gasteiger partial charge in [0.25, 0.3) is 5.91 Å². The van der Waals surface area contributed by atoms with E-state index in [1.54, 1.807) is 42.5 Å². The monoisotopic (exact) mass is 311 g/mol. The lowest BCUT2D eigenvalue weighted by Gasteiger charge is -2.09. The number of carbonyl (C=O) groups excluding carboxylic acids is 2. The molecular formula is C16H13N3O4. The summed E-state index contributed by atoms with van der Waals surface area (Å²) in [4.78, 5) is 40.5. The molecule has 0 saturated heterocycles. The number of aromatic nitrogens is 2. The van der Waals surface area contributed by atoms with Gasteiger partial charge in [-0.2, -0.15) is 0 Å². The van der Waals surface area contributed by atoms with Crippen molar-refractivity contribution in [1.29, 1.82) is 0 Å². The Bertz CT molecular complexity index is 955. The molecule has 0 aliphatic rings. The van der Waals surface area contributed by atoms with E-state index in [1.807, 2.05) is 0 Å². The summed E-state index contributed by atoms with van der Waals surface area (Å²) in [5.74, 6) is -0.934. The molecule has 2 aromatic carbocycles. The molecule has 0 bridgehead atoms. The van der Waals surface area contributed by atoms with Crippen molar-refractivity contribution in [2.75, 3.05) is 12.4 Å². The van der Waals surface area contributed by atoms with Crippen molar-refractivity contribution in [2.24, 2.45) is 0 Å². The molecule has 0 unspecified atom stereocenters. The first kappa shape index (κ1) is 14.6. The predicted molar refractivity (Wildman–Crippen MR) is 84.7 cm³/mol. The molecule has 0 aliphatic heterocycles. The fourth-order valence-electron chi connectivity index (χ4n) is 2.25. The van der Waals surface area contributed by atoms with Crippen LogP contribution in [0.4, 0.5) is 5.69 Å². The molecule has 1 amide bonds. The van der Waals surface area contributed by atoms with Gasteiger partial charge >= 0.3 is 11.7 Å². The second kappa shape index (κ2) is 5.80. The molecule has 23 heavy (non-hydrogen) atoms. The minimum atomic E-state index is -0.536. The SMILES string of the molecule is COC(=O)c1ccccc1NC(=O)c1ccc2[nH]c(=O)[nH]c2c1. The summed E-state index contributed by atoms with van der Waals surface area (Å²) in [7, 11) is 1.27. The highest BCUT2D eigenvalue weighted by Gasteiger charge is 2.14. The lowest BCUT2D eigenvalue weighted by Crippen LogP contribution is -2.15. The number of amides is 1. The largest absolute Gasteiger partial charge is 0.465 e. The van der Waals surface area contributed by atoms with Crippen LogP contribution in [0.5, 0.6) is 0 Å². The summed E-state index contributed by atoms with van der Waals surface area (Å²) < 4.78 is 4.69. The summed E-state index contributed by atoms with van der Waals surface area (Å²) in [6, 6.07) is 11.3. The van der Waals surface area contributed by atoms with Gasteiger partial charge in [-0.1, -0.05) is 12.1 Å². The number of H-pyrrole nitrogens is 2. The zero-order chi connectivity index (χ0) is 16.4. The van der Waals surface area contributed by atoms with Crippen LogP contribution >= 0.6 is 0 Å². The molecule has 1 aromatic heterocycles. The standard InChI is InChI=1S/C16H13N3O4/c1-23-15(21)10-4-2-3-5-11(10)17-14(20)9-6-7-12-13(8-9)19-16(22)18-12/h2-8H,1H3,(H,17,20)(H2,18,19,22).